The highest BCUT2D eigenvalue weighted by atomic mass is 16.5. The zero-order chi connectivity index (χ0) is 13.0. The lowest BCUT2D eigenvalue weighted by atomic mass is 10.1. The van der Waals surface area contributed by atoms with Crippen LogP contribution in [0.3, 0.4) is 0 Å². The van der Waals surface area contributed by atoms with Crippen LogP contribution in [-0.2, 0) is 0 Å². The molecular formula is C15H11N2O2-. The topological polar surface area (TPSA) is 48.4 Å². The summed E-state index contributed by atoms with van der Waals surface area (Å²) in [5.41, 5.74) is 3.53. The van der Waals surface area contributed by atoms with Gasteiger partial charge in [0.05, 0.1) is 12.8 Å². The molecule has 0 saturated carbocycles. The van der Waals surface area contributed by atoms with Gasteiger partial charge in [-0.15, -0.1) is 0 Å². The van der Waals surface area contributed by atoms with Gasteiger partial charge in [0.15, 0.2) is 0 Å². The second-order valence-electron chi connectivity index (χ2n) is 4.65. The minimum Gasteiger partial charge on any atom is -0.758 e. The number of benzene rings is 1. The van der Waals surface area contributed by atoms with Crippen molar-refractivity contribution in [2.24, 2.45) is 0 Å². The molecule has 0 atom stereocenters. The molecule has 0 radical (unpaired) electrons. The molecule has 0 saturated heterocycles. The van der Waals surface area contributed by atoms with E-state index in [0.29, 0.717) is 6.54 Å². The lowest BCUT2D eigenvalue weighted by Crippen LogP contribution is -2.37. The Kier molecular flexibility index (Phi) is 2.00. The van der Waals surface area contributed by atoms with Crippen LogP contribution in [0.4, 0.5) is 0 Å². The predicted octanol–water partition coefficient (Wildman–Crippen LogP) is 0.821. The van der Waals surface area contributed by atoms with Gasteiger partial charge in [-0.25, -0.2) is 0 Å². The molecule has 1 aromatic heterocycles. The summed E-state index contributed by atoms with van der Waals surface area (Å²) in [7, 11) is 1.63. The summed E-state index contributed by atoms with van der Waals surface area (Å²) < 4.78 is 5.25. The van der Waals surface area contributed by atoms with E-state index in [9.17, 15) is 5.21 Å². The third-order valence-electron chi connectivity index (χ3n) is 3.68. The molecule has 2 heterocycles. The number of ether oxygens (including phenoxy) is 1. The lowest BCUT2D eigenvalue weighted by molar-refractivity contribution is 0.414. The van der Waals surface area contributed by atoms with Crippen molar-refractivity contribution in [2.75, 3.05) is 13.7 Å². The number of hydrogen-bond acceptors (Lipinski definition) is 4. The van der Waals surface area contributed by atoms with E-state index >= 15 is 0 Å². The molecule has 0 unspecified atom stereocenters. The third-order valence-corrected chi connectivity index (χ3v) is 3.68. The second-order valence-corrected chi connectivity index (χ2v) is 4.65. The van der Waals surface area contributed by atoms with E-state index in [2.05, 4.69) is 4.98 Å². The zero-order valence-electron chi connectivity index (χ0n) is 10.4. The first-order valence-electron chi connectivity index (χ1n) is 6.12. The fourth-order valence-corrected chi connectivity index (χ4v) is 2.82. The number of hydrogen-bond donors (Lipinski definition) is 0. The number of hydroxylamine groups is 2. The summed E-state index contributed by atoms with van der Waals surface area (Å²) in [4.78, 5) is 4.44. The van der Waals surface area contributed by atoms with Gasteiger partial charge in [-0.2, -0.15) is 0 Å². The molecule has 0 amide bonds. The van der Waals surface area contributed by atoms with Gasteiger partial charge in [0.2, 0.25) is 0 Å². The molecule has 94 valence electrons. The Bertz CT molecular complexity index is 811. The summed E-state index contributed by atoms with van der Waals surface area (Å²) in [5, 5.41) is 15.2. The van der Waals surface area contributed by atoms with Crippen molar-refractivity contribution in [3.63, 3.8) is 0 Å². The van der Waals surface area contributed by atoms with Gasteiger partial charge in [-0.3, -0.25) is 4.98 Å². The minimum atomic E-state index is 0.377. The summed E-state index contributed by atoms with van der Waals surface area (Å²) in [5.74, 6) is 0.753. The average Bonchev–Trinajstić information content (AvgIpc) is 2.79. The molecule has 4 nitrogen and oxygen atoms in total. The Labute approximate surface area is 109 Å². The van der Waals surface area contributed by atoms with E-state index in [1.54, 1.807) is 13.3 Å². The highest BCUT2D eigenvalue weighted by Gasteiger charge is 2.24. The summed E-state index contributed by atoms with van der Waals surface area (Å²) in [6.45, 7) is 0.377. The van der Waals surface area contributed by atoms with E-state index < -0.39 is 0 Å². The molecule has 0 N–H and O–H groups in total. The molecule has 0 fully saturated rings. The van der Waals surface area contributed by atoms with Gasteiger partial charge in [0.1, 0.15) is 5.75 Å². The highest BCUT2D eigenvalue weighted by molar-refractivity contribution is 5.88. The lowest BCUT2D eigenvalue weighted by Gasteiger charge is -2.33. The van der Waals surface area contributed by atoms with Crippen molar-refractivity contribution in [1.29, 1.82) is 0 Å². The molecule has 2 aromatic rings. The van der Waals surface area contributed by atoms with E-state index in [0.717, 1.165) is 43.8 Å². The van der Waals surface area contributed by atoms with Crippen molar-refractivity contribution in [3.8, 4) is 17.0 Å². The van der Waals surface area contributed by atoms with E-state index in [-0.39, 0.29) is 0 Å². The first kappa shape index (κ1) is 10.6. The van der Waals surface area contributed by atoms with Gasteiger partial charge >= 0.3 is 0 Å². The first-order valence-corrected chi connectivity index (χ1v) is 6.12. The maximum Gasteiger partial charge on any atom is 0.119 e. The zero-order valence-corrected chi connectivity index (χ0v) is 10.4. The van der Waals surface area contributed by atoms with Gasteiger partial charge in [-0.1, -0.05) is 6.08 Å². The molecule has 0 spiro atoms. The highest BCUT2D eigenvalue weighted by Crippen LogP contribution is 2.34. The van der Waals surface area contributed by atoms with Crippen molar-refractivity contribution in [2.45, 2.75) is 0 Å². The Hall–Kier alpha value is -2.33. The molecule has 19 heavy (non-hydrogen) atoms. The van der Waals surface area contributed by atoms with Crippen molar-refractivity contribution in [1.82, 2.24) is 10.0 Å². The van der Waals surface area contributed by atoms with Gasteiger partial charge in [0.25, 0.3) is 0 Å². The largest absolute Gasteiger partial charge is 0.758 e. The van der Waals surface area contributed by atoms with Gasteiger partial charge in [-0.05, 0) is 29.5 Å². The second kappa shape index (κ2) is 3.59. The maximum atomic E-state index is 12.2. The van der Waals surface area contributed by atoms with Crippen LogP contribution >= 0.6 is 0 Å². The number of aromatic nitrogens is 1. The van der Waals surface area contributed by atoms with Crippen molar-refractivity contribution >= 4 is 11.8 Å². The third kappa shape index (κ3) is 1.29. The molecular weight excluding hydrogens is 240 g/mol. The number of pyridine rings is 1. The number of rotatable bonds is 1. The molecule has 1 aliphatic heterocycles. The van der Waals surface area contributed by atoms with Gasteiger partial charge in [0, 0.05) is 34.8 Å². The van der Waals surface area contributed by atoms with Crippen LogP contribution in [0.2, 0.25) is 0 Å². The summed E-state index contributed by atoms with van der Waals surface area (Å²) in [6.07, 6.45) is 3.74. The van der Waals surface area contributed by atoms with E-state index in [4.69, 9.17) is 4.74 Å². The fourth-order valence-electron chi connectivity index (χ4n) is 2.82. The standard InChI is InChI=1S/C15H11N2O2/c1-19-10-2-3-11-12(8-10)15-13-9(5-7-17(15)18)4-6-16-14(11)13/h2-6,8H,7H2,1H3/q-1. The first-order chi connectivity index (χ1) is 9.29. The quantitative estimate of drug-likeness (QED) is 0.753. The predicted molar refractivity (Wildman–Crippen MR) is 72.5 cm³/mol. The molecule has 2 aliphatic rings. The minimum absolute atomic E-state index is 0.377. The Balaban J connectivity index is 2.16. The normalized spacial score (nSPS) is 14.8. The number of methoxy groups -OCH3 is 1. The number of nitrogens with zero attached hydrogens (tertiary/aromatic N) is 2. The Morgan fingerprint density at radius 1 is 1.26 bits per heavy atom. The fraction of sp³-hybridized carbons (Fsp3) is 0.133. The molecule has 4 rings (SSSR count). The summed E-state index contributed by atoms with van der Waals surface area (Å²) in [6, 6.07) is 7.73. The molecule has 4 heteroatoms. The molecule has 0 bridgehead atoms. The monoisotopic (exact) mass is 251 g/mol. The van der Waals surface area contributed by atoms with E-state index in [1.807, 2.05) is 30.3 Å². The summed E-state index contributed by atoms with van der Waals surface area (Å²) >= 11 is 0. The van der Waals surface area contributed by atoms with Crippen molar-refractivity contribution in [3.05, 3.63) is 51.7 Å². The van der Waals surface area contributed by atoms with Crippen LogP contribution in [0.25, 0.3) is 23.0 Å². The van der Waals surface area contributed by atoms with Crippen LogP contribution in [0.15, 0.2) is 30.5 Å². The molecule has 1 aromatic carbocycles. The van der Waals surface area contributed by atoms with E-state index in [1.165, 1.54) is 0 Å². The van der Waals surface area contributed by atoms with Gasteiger partial charge < -0.3 is 15.0 Å². The number of fused-ring (bicyclic) bond motifs is 3. The van der Waals surface area contributed by atoms with Crippen LogP contribution < -0.4 is 15.2 Å². The smallest absolute Gasteiger partial charge is 0.119 e. The van der Waals surface area contributed by atoms with Crippen LogP contribution in [0.5, 0.6) is 5.75 Å². The van der Waals surface area contributed by atoms with Crippen LogP contribution in [-0.4, -0.2) is 23.7 Å². The van der Waals surface area contributed by atoms with Crippen LogP contribution in [0.1, 0.15) is 5.56 Å². The Morgan fingerprint density at radius 3 is 3.00 bits per heavy atom. The maximum absolute atomic E-state index is 12.2. The van der Waals surface area contributed by atoms with Crippen LogP contribution in [0, 0.1) is 5.21 Å². The SMILES string of the molecule is COc1ccc2c(c1)C1=c3c-2nccc3=CCN1[O-]. The average molecular weight is 251 g/mol. The Morgan fingerprint density at radius 2 is 2.16 bits per heavy atom. The molecule has 1 aliphatic carbocycles. The van der Waals surface area contributed by atoms with Crippen molar-refractivity contribution < 1.29 is 4.74 Å².